The normalized spacial score (nSPS) is 12.5. The van der Waals surface area contributed by atoms with E-state index in [9.17, 15) is 13.2 Å². The molecule has 7 nitrogen and oxygen atoms in total. The third-order valence-electron chi connectivity index (χ3n) is 5.10. The van der Waals surface area contributed by atoms with E-state index in [4.69, 9.17) is 0 Å². The second kappa shape index (κ2) is 10.8. The van der Waals surface area contributed by atoms with E-state index in [2.05, 4.69) is 15.5 Å². The topological polar surface area (TPSA) is 94.0 Å². The highest BCUT2D eigenvalue weighted by Crippen LogP contribution is 2.27. The number of carbonyl (C=O) groups excluding carboxylic acids is 1. The van der Waals surface area contributed by atoms with Gasteiger partial charge in [-0.1, -0.05) is 62.0 Å². The van der Waals surface area contributed by atoms with Crippen LogP contribution in [0.15, 0.2) is 64.6 Å². The summed E-state index contributed by atoms with van der Waals surface area (Å²) in [5, 5.41) is 11.5. The number of carbonyl (C=O) groups is 1. The maximum absolute atomic E-state index is 13.0. The number of aryl methyl sites for hydroxylation is 1. The number of nitrogens with one attached hydrogen (secondary N) is 1. The van der Waals surface area contributed by atoms with Crippen molar-refractivity contribution in [2.24, 2.45) is 0 Å². The maximum atomic E-state index is 13.0. The highest BCUT2D eigenvalue weighted by atomic mass is 32.2. The second-order valence-electron chi connectivity index (χ2n) is 7.23. The first-order valence-electron chi connectivity index (χ1n) is 10.6. The van der Waals surface area contributed by atoms with Crippen molar-refractivity contribution in [2.75, 3.05) is 5.32 Å². The lowest BCUT2D eigenvalue weighted by molar-refractivity contribution is -0.115. The van der Waals surface area contributed by atoms with Crippen molar-refractivity contribution in [1.29, 1.82) is 0 Å². The van der Waals surface area contributed by atoms with E-state index >= 15 is 0 Å². The van der Waals surface area contributed by atoms with Crippen LogP contribution in [0.1, 0.15) is 38.6 Å². The number of anilines is 1. The quantitative estimate of drug-likeness (QED) is 0.441. The van der Waals surface area contributed by atoms with Gasteiger partial charge in [-0.15, -0.1) is 10.2 Å². The van der Waals surface area contributed by atoms with Gasteiger partial charge in [0.25, 0.3) is 0 Å². The molecule has 170 valence electrons. The highest BCUT2D eigenvalue weighted by Gasteiger charge is 2.25. The van der Waals surface area contributed by atoms with Gasteiger partial charge in [-0.2, -0.15) is 0 Å². The average Bonchev–Trinajstić information content (AvgIpc) is 3.18. The van der Waals surface area contributed by atoms with Crippen LogP contribution < -0.4 is 5.32 Å². The van der Waals surface area contributed by atoms with Gasteiger partial charge in [-0.05, 0) is 43.5 Å². The van der Waals surface area contributed by atoms with Crippen LogP contribution in [0.25, 0.3) is 0 Å². The van der Waals surface area contributed by atoms with Gasteiger partial charge in [-0.3, -0.25) is 4.79 Å². The van der Waals surface area contributed by atoms with E-state index in [-0.39, 0.29) is 21.8 Å². The van der Waals surface area contributed by atoms with E-state index in [1.54, 1.807) is 34.9 Å². The minimum absolute atomic E-state index is 0.109. The van der Waals surface area contributed by atoms with Gasteiger partial charge in [0.15, 0.2) is 15.0 Å². The van der Waals surface area contributed by atoms with Crippen LogP contribution in [-0.4, -0.2) is 34.3 Å². The van der Waals surface area contributed by atoms with Crippen LogP contribution in [0.5, 0.6) is 0 Å². The Morgan fingerprint density at radius 2 is 1.72 bits per heavy atom. The fourth-order valence-electron chi connectivity index (χ4n) is 3.32. The van der Waals surface area contributed by atoms with Crippen molar-refractivity contribution in [3.63, 3.8) is 0 Å². The molecule has 3 aromatic rings. The van der Waals surface area contributed by atoms with Gasteiger partial charge >= 0.3 is 0 Å². The van der Waals surface area contributed by atoms with Crippen LogP contribution in [-0.2, 0) is 33.4 Å². The van der Waals surface area contributed by atoms with Crippen molar-refractivity contribution in [1.82, 2.24) is 14.8 Å². The number of sulfone groups is 1. The summed E-state index contributed by atoms with van der Waals surface area (Å²) in [5.41, 5.74) is 1.89. The predicted molar refractivity (Wildman–Crippen MR) is 127 cm³/mol. The fraction of sp³-hybridized carbons (Fsp3) is 0.348. The third kappa shape index (κ3) is 5.58. The van der Waals surface area contributed by atoms with Crippen LogP contribution in [0.3, 0.4) is 0 Å². The Morgan fingerprint density at radius 3 is 2.38 bits per heavy atom. The minimum Gasteiger partial charge on any atom is -0.325 e. The number of rotatable bonds is 10. The summed E-state index contributed by atoms with van der Waals surface area (Å²) in [6, 6.07) is 16.1. The van der Waals surface area contributed by atoms with Crippen molar-refractivity contribution in [3.05, 3.63) is 66.0 Å². The molecule has 0 radical (unpaired) electrons. The Hall–Kier alpha value is -2.65. The largest absolute Gasteiger partial charge is 0.325 e. The molecule has 1 aromatic heterocycles. The molecule has 1 unspecified atom stereocenters. The lowest BCUT2D eigenvalue weighted by atomic mass is 10.1. The molecule has 0 aliphatic carbocycles. The maximum Gasteiger partial charge on any atom is 0.237 e. The number of para-hydroxylation sites is 1. The number of benzene rings is 2. The Morgan fingerprint density at radius 1 is 1.03 bits per heavy atom. The molecular weight excluding hydrogens is 444 g/mol. The lowest BCUT2D eigenvalue weighted by Gasteiger charge is -2.16. The SMILES string of the molecule is CCc1ccccc1NC(=O)C(CC)Sc1nnc(CS(=O)(=O)c2ccccc2)n1CC. The Labute approximate surface area is 193 Å². The molecule has 1 heterocycles. The van der Waals surface area contributed by atoms with Crippen LogP contribution in [0, 0.1) is 0 Å². The first-order valence-corrected chi connectivity index (χ1v) is 13.2. The highest BCUT2D eigenvalue weighted by molar-refractivity contribution is 8.00. The number of amides is 1. The molecule has 0 aliphatic rings. The first-order chi connectivity index (χ1) is 15.4. The second-order valence-corrected chi connectivity index (χ2v) is 10.4. The van der Waals surface area contributed by atoms with E-state index in [0.717, 1.165) is 17.7 Å². The fourth-order valence-corrected chi connectivity index (χ4v) is 5.65. The standard InChI is InChI=1S/C23H28N4O3S2/c1-4-17-12-10-11-15-19(17)24-22(28)20(5-2)31-23-26-25-21(27(23)6-3)16-32(29,30)18-13-8-7-9-14-18/h7-15,20H,4-6,16H2,1-3H3,(H,24,28). The predicted octanol–water partition coefficient (Wildman–Crippen LogP) is 4.34. The number of hydrogen-bond acceptors (Lipinski definition) is 6. The third-order valence-corrected chi connectivity index (χ3v) is 8.07. The van der Waals surface area contributed by atoms with Crippen LogP contribution in [0.2, 0.25) is 0 Å². The molecule has 1 atom stereocenters. The smallest absolute Gasteiger partial charge is 0.237 e. The summed E-state index contributed by atoms with van der Waals surface area (Å²) in [6.45, 7) is 6.40. The molecule has 0 spiro atoms. The molecule has 32 heavy (non-hydrogen) atoms. The van der Waals surface area contributed by atoms with Crippen molar-refractivity contribution >= 4 is 33.2 Å². The van der Waals surface area contributed by atoms with E-state index in [0.29, 0.717) is 23.9 Å². The van der Waals surface area contributed by atoms with Crippen LogP contribution in [0.4, 0.5) is 5.69 Å². The molecule has 2 aromatic carbocycles. The molecule has 0 saturated heterocycles. The molecule has 0 aliphatic heterocycles. The zero-order valence-corrected chi connectivity index (χ0v) is 20.1. The zero-order chi connectivity index (χ0) is 23.1. The Balaban J connectivity index is 1.78. The summed E-state index contributed by atoms with van der Waals surface area (Å²) < 4.78 is 27.3. The van der Waals surface area contributed by atoms with E-state index < -0.39 is 9.84 Å². The first kappa shape index (κ1) is 24.0. The van der Waals surface area contributed by atoms with Gasteiger partial charge in [0.2, 0.25) is 5.91 Å². The summed E-state index contributed by atoms with van der Waals surface area (Å²) in [7, 11) is -3.54. The van der Waals surface area contributed by atoms with E-state index in [1.807, 2.05) is 45.0 Å². The summed E-state index contributed by atoms with van der Waals surface area (Å²) in [6.07, 6.45) is 1.42. The van der Waals surface area contributed by atoms with Gasteiger partial charge in [0.1, 0.15) is 11.6 Å². The number of thioether (sulfide) groups is 1. The van der Waals surface area contributed by atoms with Gasteiger partial charge in [0, 0.05) is 12.2 Å². The zero-order valence-electron chi connectivity index (χ0n) is 18.5. The average molecular weight is 473 g/mol. The summed E-state index contributed by atoms with van der Waals surface area (Å²) in [4.78, 5) is 13.2. The summed E-state index contributed by atoms with van der Waals surface area (Å²) in [5.74, 6) is 0.0126. The van der Waals surface area contributed by atoms with E-state index in [1.165, 1.54) is 11.8 Å². The molecule has 3 rings (SSSR count). The number of aromatic nitrogens is 3. The van der Waals surface area contributed by atoms with Gasteiger partial charge in [-0.25, -0.2) is 8.42 Å². The number of hydrogen-bond donors (Lipinski definition) is 1. The Kier molecular flexibility index (Phi) is 8.09. The molecule has 0 saturated carbocycles. The molecule has 1 N–H and O–H groups in total. The van der Waals surface area contributed by atoms with Crippen molar-refractivity contribution in [3.8, 4) is 0 Å². The molecule has 0 bridgehead atoms. The monoisotopic (exact) mass is 472 g/mol. The molecule has 1 amide bonds. The number of nitrogens with zero attached hydrogens (tertiary/aromatic N) is 3. The minimum atomic E-state index is -3.54. The molecular formula is C23H28N4O3S2. The van der Waals surface area contributed by atoms with Crippen molar-refractivity contribution in [2.45, 2.75) is 61.2 Å². The lowest BCUT2D eigenvalue weighted by Crippen LogP contribution is -2.25. The van der Waals surface area contributed by atoms with Crippen molar-refractivity contribution < 1.29 is 13.2 Å². The summed E-state index contributed by atoms with van der Waals surface area (Å²) >= 11 is 1.31. The van der Waals surface area contributed by atoms with Gasteiger partial charge < -0.3 is 9.88 Å². The molecule has 0 fully saturated rings. The van der Waals surface area contributed by atoms with Crippen LogP contribution >= 0.6 is 11.8 Å². The van der Waals surface area contributed by atoms with Gasteiger partial charge in [0.05, 0.1) is 10.1 Å². The Bertz CT molecular complexity index is 1160. The molecule has 9 heteroatoms.